The molecule has 0 radical (unpaired) electrons. The predicted octanol–water partition coefficient (Wildman–Crippen LogP) is 1.53. The van der Waals surface area contributed by atoms with Crippen molar-refractivity contribution in [2.24, 2.45) is 0 Å². The van der Waals surface area contributed by atoms with E-state index in [0.717, 1.165) is 57.2 Å². The Balaban J connectivity index is 1.87. The lowest BCUT2D eigenvalue weighted by Gasteiger charge is -2.33. The van der Waals surface area contributed by atoms with Crippen molar-refractivity contribution >= 4 is 22.4 Å². The molecule has 1 aliphatic rings. The second kappa shape index (κ2) is 7.54. The molecule has 1 aromatic rings. The summed E-state index contributed by atoms with van der Waals surface area (Å²) in [6.45, 7) is 9.74. The van der Waals surface area contributed by atoms with Crippen molar-refractivity contribution in [3.8, 4) is 0 Å². The Hall–Kier alpha value is -1.21. The van der Waals surface area contributed by atoms with Gasteiger partial charge in [-0.2, -0.15) is 0 Å². The van der Waals surface area contributed by atoms with Crippen LogP contribution in [0.25, 0.3) is 0 Å². The maximum Gasteiger partial charge on any atom is 0.284 e. The van der Waals surface area contributed by atoms with Gasteiger partial charge >= 0.3 is 0 Å². The average Bonchev–Trinajstić information content (AvgIpc) is 2.94. The van der Waals surface area contributed by atoms with Gasteiger partial charge in [0.05, 0.1) is 0 Å². The fourth-order valence-electron chi connectivity index (χ4n) is 2.24. The van der Waals surface area contributed by atoms with Crippen molar-refractivity contribution in [1.82, 2.24) is 20.0 Å². The van der Waals surface area contributed by atoms with E-state index in [1.165, 1.54) is 11.3 Å². The molecular weight excluding hydrogens is 274 g/mol. The van der Waals surface area contributed by atoms with Gasteiger partial charge in [-0.1, -0.05) is 25.2 Å². The molecule has 0 unspecified atom stereocenters. The number of hydrogen-bond donors (Lipinski definition) is 1. The molecule has 0 spiro atoms. The van der Waals surface area contributed by atoms with Crippen LogP contribution < -0.4 is 5.32 Å². The van der Waals surface area contributed by atoms with Crippen LogP contribution in [0.4, 0.5) is 5.13 Å². The molecular formula is C13H23N5OS. The molecule has 1 aliphatic heterocycles. The van der Waals surface area contributed by atoms with Crippen molar-refractivity contribution < 1.29 is 4.79 Å². The molecule has 0 aromatic carbocycles. The van der Waals surface area contributed by atoms with Gasteiger partial charge in [-0.05, 0) is 19.4 Å². The van der Waals surface area contributed by atoms with E-state index >= 15 is 0 Å². The van der Waals surface area contributed by atoms with Crippen LogP contribution in [-0.4, -0.2) is 65.2 Å². The number of nitrogens with one attached hydrogen (secondary N) is 1. The van der Waals surface area contributed by atoms with Crippen LogP contribution in [0.5, 0.6) is 0 Å². The van der Waals surface area contributed by atoms with Crippen molar-refractivity contribution in [1.29, 1.82) is 0 Å². The van der Waals surface area contributed by atoms with E-state index < -0.39 is 0 Å². The minimum Gasteiger partial charge on any atom is -0.360 e. The third-order valence-corrected chi connectivity index (χ3v) is 4.20. The van der Waals surface area contributed by atoms with Crippen molar-refractivity contribution in [3.05, 3.63) is 5.01 Å². The monoisotopic (exact) mass is 297 g/mol. The molecule has 112 valence electrons. The lowest BCUT2D eigenvalue weighted by Crippen LogP contribution is -2.48. The predicted molar refractivity (Wildman–Crippen MR) is 81.3 cm³/mol. The number of nitrogens with zero attached hydrogens (tertiary/aromatic N) is 4. The minimum absolute atomic E-state index is 0.0168. The largest absolute Gasteiger partial charge is 0.360 e. The standard InChI is InChI=1S/C13H23N5OS/c1-3-5-14-13-16-15-11(20-13)12(19)18-9-7-17(6-4-2)8-10-18/h3-10H2,1-2H3,(H,14,16). The number of carbonyl (C=O) groups is 1. The summed E-state index contributed by atoms with van der Waals surface area (Å²) in [5, 5.41) is 12.4. The van der Waals surface area contributed by atoms with Crippen LogP contribution in [0.1, 0.15) is 36.5 Å². The molecule has 1 aromatic heterocycles. The summed E-state index contributed by atoms with van der Waals surface area (Å²) in [4.78, 5) is 16.6. The first kappa shape index (κ1) is 15.2. The Morgan fingerprint density at radius 1 is 1.20 bits per heavy atom. The van der Waals surface area contributed by atoms with Crippen molar-refractivity contribution in [3.63, 3.8) is 0 Å². The van der Waals surface area contributed by atoms with E-state index in [4.69, 9.17) is 0 Å². The van der Waals surface area contributed by atoms with E-state index in [1.54, 1.807) is 0 Å². The van der Waals surface area contributed by atoms with Gasteiger partial charge < -0.3 is 10.2 Å². The highest BCUT2D eigenvalue weighted by molar-refractivity contribution is 7.17. The molecule has 0 saturated carbocycles. The fraction of sp³-hybridized carbons (Fsp3) is 0.769. The summed E-state index contributed by atoms with van der Waals surface area (Å²) < 4.78 is 0. The van der Waals surface area contributed by atoms with Crippen LogP contribution in [0.15, 0.2) is 0 Å². The van der Waals surface area contributed by atoms with E-state index in [2.05, 4.69) is 34.3 Å². The zero-order valence-corrected chi connectivity index (χ0v) is 13.1. The molecule has 0 aliphatic carbocycles. The molecule has 0 atom stereocenters. The summed E-state index contributed by atoms with van der Waals surface area (Å²) in [5.74, 6) is 0.0168. The summed E-state index contributed by atoms with van der Waals surface area (Å²) in [5.41, 5.74) is 0. The number of carbonyl (C=O) groups excluding carboxylic acids is 1. The third-order valence-electron chi connectivity index (χ3n) is 3.33. The maximum atomic E-state index is 12.3. The van der Waals surface area contributed by atoms with Gasteiger partial charge in [-0.3, -0.25) is 9.69 Å². The van der Waals surface area contributed by atoms with E-state index in [9.17, 15) is 4.79 Å². The smallest absolute Gasteiger partial charge is 0.284 e. The van der Waals surface area contributed by atoms with Gasteiger partial charge in [-0.25, -0.2) is 0 Å². The van der Waals surface area contributed by atoms with Gasteiger partial charge in [0.2, 0.25) is 10.1 Å². The minimum atomic E-state index is 0.0168. The molecule has 1 amide bonds. The van der Waals surface area contributed by atoms with Crippen LogP contribution in [0.2, 0.25) is 0 Å². The number of amides is 1. The molecule has 2 rings (SSSR count). The quantitative estimate of drug-likeness (QED) is 0.863. The second-order valence-electron chi connectivity index (χ2n) is 4.97. The zero-order valence-electron chi connectivity index (χ0n) is 12.3. The Bertz CT molecular complexity index is 428. The number of rotatable bonds is 6. The average molecular weight is 297 g/mol. The summed E-state index contributed by atoms with van der Waals surface area (Å²) in [7, 11) is 0. The first-order valence-corrected chi connectivity index (χ1v) is 8.15. The molecule has 2 heterocycles. The Morgan fingerprint density at radius 3 is 2.60 bits per heavy atom. The molecule has 20 heavy (non-hydrogen) atoms. The summed E-state index contributed by atoms with van der Waals surface area (Å²) in [6.07, 6.45) is 2.19. The highest BCUT2D eigenvalue weighted by atomic mass is 32.1. The first-order chi connectivity index (χ1) is 9.74. The molecule has 1 fully saturated rings. The lowest BCUT2D eigenvalue weighted by molar-refractivity contribution is 0.0636. The van der Waals surface area contributed by atoms with E-state index in [1.807, 2.05) is 4.90 Å². The van der Waals surface area contributed by atoms with Crippen molar-refractivity contribution in [2.75, 3.05) is 44.6 Å². The molecule has 1 N–H and O–H groups in total. The Kier molecular flexibility index (Phi) is 5.72. The number of piperazine rings is 1. The number of aromatic nitrogens is 2. The highest BCUT2D eigenvalue weighted by Crippen LogP contribution is 2.17. The molecule has 0 bridgehead atoms. The first-order valence-electron chi connectivity index (χ1n) is 7.33. The Labute approximate surface area is 124 Å². The van der Waals surface area contributed by atoms with Gasteiger partial charge in [0, 0.05) is 32.7 Å². The zero-order chi connectivity index (χ0) is 14.4. The van der Waals surface area contributed by atoms with Crippen molar-refractivity contribution in [2.45, 2.75) is 26.7 Å². The maximum absolute atomic E-state index is 12.3. The van der Waals surface area contributed by atoms with Crippen LogP contribution in [-0.2, 0) is 0 Å². The Morgan fingerprint density at radius 2 is 1.95 bits per heavy atom. The van der Waals surface area contributed by atoms with Gasteiger partial charge in [0.25, 0.3) is 5.91 Å². The normalized spacial score (nSPS) is 16.4. The van der Waals surface area contributed by atoms with E-state index in [0.29, 0.717) is 5.01 Å². The third kappa shape index (κ3) is 3.89. The highest BCUT2D eigenvalue weighted by Gasteiger charge is 2.24. The molecule has 6 nitrogen and oxygen atoms in total. The van der Waals surface area contributed by atoms with Gasteiger partial charge in [0.15, 0.2) is 0 Å². The number of hydrogen-bond acceptors (Lipinski definition) is 6. The van der Waals surface area contributed by atoms with Crippen LogP contribution >= 0.6 is 11.3 Å². The summed E-state index contributed by atoms with van der Waals surface area (Å²) in [6, 6.07) is 0. The van der Waals surface area contributed by atoms with E-state index in [-0.39, 0.29) is 5.91 Å². The molecule has 7 heteroatoms. The second-order valence-corrected chi connectivity index (χ2v) is 5.95. The van der Waals surface area contributed by atoms with Crippen LogP contribution in [0, 0.1) is 0 Å². The summed E-state index contributed by atoms with van der Waals surface area (Å²) >= 11 is 1.35. The lowest BCUT2D eigenvalue weighted by atomic mass is 10.3. The number of anilines is 1. The fourth-order valence-corrected chi connectivity index (χ4v) is 2.98. The molecule has 1 saturated heterocycles. The van der Waals surface area contributed by atoms with Gasteiger partial charge in [-0.15, -0.1) is 10.2 Å². The topological polar surface area (TPSA) is 61.4 Å². The van der Waals surface area contributed by atoms with Gasteiger partial charge in [0.1, 0.15) is 0 Å². The van der Waals surface area contributed by atoms with Crippen LogP contribution in [0.3, 0.4) is 0 Å². The SMILES string of the molecule is CCCNc1nnc(C(=O)N2CCN(CCC)CC2)s1.